The third-order valence-corrected chi connectivity index (χ3v) is 1.84. The van der Waals surface area contributed by atoms with Gasteiger partial charge in [-0.3, -0.25) is 0 Å². The van der Waals surface area contributed by atoms with E-state index in [1.54, 1.807) is 0 Å². The number of rotatable bonds is 8. The van der Waals surface area contributed by atoms with Gasteiger partial charge in [0.2, 0.25) is 0 Å². The van der Waals surface area contributed by atoms with Crippen molar-refractivity contribution in [2.24, 2.45) is 0 Å². The molecule has 0 rings (SSSR count). The van der Waals surface area contributed by atoms with Crippen molar-refractivity contribution < 1.29 is 34.8 Å². The molecule has 0 saturated heterocycles. The fourth-order valence-electron chi connectivity index (χ4n) is 0.913. The number of carbonyl (C=O) groups is 2. The molecule has 94 valence electrons. The number of esters is 1. The van der Waals surface area contributed by atoms with Crippen LogP contribution in [0.5, 0.6) is 0 Å². The number of aliphatic hydroxyl groups is 3. The van der Waals surface area contributed by atoms with E-state index in [1.807, 2.05) is 0 Å². The summed E-state index contributed by atoms with van der Waals surface area (Å²) in [5, 5.41) is 34.6. The molecule has 2 unspecified atom stereocenters. The first-order valence-electron chi connectivity index (χ1n) is 4.87. The average Bonchev–Trinajstić information content (AvgIpc) is 2.26. The predicted octanol–water partition coefficient (Wildman–Crippen LogP) is -1.50. The highest BCUT2D eigenvalue weighted by Gasteiger charge is 2.31. The maximum atomic E-state index is 11.0. The van der Waals surface area contributed by atoms with Crippen LogP contribution in [0.1, 0.15) is 19.3 Å². The van der Waals surface area contributed by atoms with Crippen LogP contribution in [0.3, 0.4) is 0 Å². The minimum Gasteiger partial charge on any atom is -0.479 e. The second-order valence-corrected chi connectivity index (χ2v) is 3.18. The highest BCUT2D eigenvalue weighted by molar-refractivity contribution is 5.84. The van der Waals surface area contributed by atoms with E-state index in [1.165, 1.54) is 0 Å². The van der Waals surface area contributed by atoms with Crippen LogP contribution in [0.4, 0.5) is 0 Å². The molecule has 0 aliphatic rings. The number of hydrogen-bond donors (Lipinski definition) is 4. The first kappa shape index (κ1) is 14.8. The molecule has 7 heteroatoms. The Kier molecular flexibility index (Phi) is 7.44. The summed E-state index contributed by atoms with van der Waals surface area (Å²) in [6.07, 6.45) is -2.51. The molecule has 0 aromatic rings. The number of ether oxygens (including phenoxy) is 1. The molecule has 0 aliphatic heterocycles. The first-order valence-corrected chi connectivity index (χ1v) is 4.87. The molecule has 0 amide bonds. The van der Waals surface area contributed by atoms with E-state index in [4.69, 9.17) is 20.4 Å². The van der Waals surface area contributed by atoms with Crippen molar-refractivity contribution in [2.45, 2.75) is 31.5 Å². The Morgan fingerprint density at radius 2 is 1.69 bits per heavy atom. The lowest BCUT2D eigenvalue weighted by atomic mass is 10.2. The Morgan fingerprint density at radius 1 is 1.06 bits per heavy atom. The quantitative estimate of drug-likeness (QED) is 0.298. The van der Waals surface area contributed by atoms with Gasteiger partial charge in [-0.15, -0.1) is 0 Å². The van der Waals surface area contributed by atoms with Crippen LogP contribution in [0.2, 0.25) is 0 Å². The van der Waals surface area contributed by atoms with Crippen LogP contribution < -0.4 is 0 Å². The van der Waals surface area contributed by atoms with Gasteiger partial charge in [0, 0.05) is 6.61 Å². The number of carboxylic acids is 1. The van der Waals surface area contributed by atoms with Crippen molar-refractivity contribution in [3.8, 4) is 0 Å². The molecule has 0 fully saturated rings. The monoisotopic (exact) mass is 236 g/mol. The van der Waals surface area contributed by atoms with Crippen molar-refractivity contribution in [1.82, 2.24) is 0 Å². The molecule has 7 nitrogen and oxygen atoms in total. The van der Waals surface area contributed by atoms with Gasteiger partial charge in [0.05, 0.1) is 6.61 Å². The first-order chi connectivity index (χ1) is 7.50. The lowest BCUT2D eigenvalue weighted by Gasteiger charge is -2.12. The number of aliphatic hydroxyl groups excluding tert-OH is 3. The Bertz CT molecular complexity index is 228. The molecule has 0 saturated carbocycles. The topological polar surface area (TPSA) is 124 Å². The van der Waals surface area contributed by atoms with Crippen LogP contribution in [0, 0.1) is 0 Å². The largest absolute Gasteiger partial charge is 0.479 e. The summed E-state index contributed by atoms with van der Waals surface area (Å²) in [5.41, 5.74) is 0. The highest BCUT2D eigenvalue weighted by atomic mass is 16.5. The summed E-state index contributed by atoms with van der Waals surface area (Å²) in [7, 11) is 0. The molecule has 0 radical (unpaired) electrons. The van der Waals surface area contributed by atoms with Gasteiger partial charge in [0.25, 0.3) is 0 Å². The van der Waals surface area contributed by atoms with E-state index in [0.717, 1.165) is 0 Å². The zero-order chi connectivity index (χ0) is 12.6. The van der Waals surface area contributed by atoms with Gasteiger partial charge in [-0.25, -0.2) is 9.59 Å². The Labute approximate surface area is 92.3 Å². The zero-order valence-corrected chi connectivity index (χ0v) is 8.70. The maximum Gasteiger partial charge on any atom is 0.338 e. The molecular formula is C9H16O7. The van der Waals surface area contributed by atoms with Crippen molar-refractivity contribution in [3.05, 3.63) is 0 Å². The number of hydrogen-bond acceptors (Lipinski definition) is 6. The molecule has 0 aliphatic carbocycles. The fraction of sp³-hybridized carbons (Fsp3) is 0.778. The Morgan fingerprint density at radius 3 is 2.19 bits per heavy atom. The van der Waals surface area contributed by atoms with E-state index >= 15 is 0 Å². The number of aliphatic carboxylic acids is 1. The van der Waals surface area contributed by atoms with Gasteiger partial charge in [-0.1, -0.05) is 0 Å². The summed E-state index contributed by atoms with van der Waals surface area (Å²) in [6.45, 7) is 0.0660. The van der Waals surface area contributed by atoms with E-state index in [9.17, 15) is 9.59 Å². The summed E-state index contributed by atoms with van der Waals surface area (Å²) < 4.78 is 4.53. The van der Waals surface area contributed by atoms with Crippen LogP contribution in [-0.2, 0) is 14.3 Å². The van der Waals surface area contributed by atoms with Gasteiger partial charge >= 0.3 is 11.9 Å². The second-order valence-electron chi connectivity index (χ2n) is 3.18. The molecule has 0 spiro atoms. The van der Waals surface area contributed by atoms with E-state index in [-0.39, 0.29) is 13.2 Å². The maximum absolute atomic E-state index is 11.0. The summed E-state index contributed by atoms with van der Waals surface area (Å²) in [5.74, 6) is -2.86. The van der Waals surface area contributed by atoms with Gasteiger partial charge in [-0.05, 0) is 19.3 Å². The van der Waals surface area contributed by atoms with Gasteiger partial charge in [0.15, 0.2) is 12.2 Å². The lowest BCUT2D eigenvalue weighted by molar-refractivity contribution is -0.169. The molecule has 0 aromatic carbocycles. The van der Waals surface area contributed by atoms with Crippen LogP contribution in [0.25, 0.3) is 0 Å². The van der Waals surface area contributed by atoms with Crippen LogP contribution >= 0.6 is 0 Å². The third kappa shape index (κ3) is 5.64. The van der Waals surface area contributed by atoms with Crippen molar-refractivity contribution >= 4 is 11.9 Å². The number of carbonyl (C=O) groups excluding carboxylic acids is 1. The lowest BCUT2D eigenvalue weighted by Crippen LogP contribution is -2.40. The fourth-order valence-corrected chi connectivity index (χ4v) is 0.913. The van der Waals surface area contributed by atoms with Crippen molar-refractivity contribution in [2.75, 3.05) is 13.2 Å². The molecule has 16 heavy (non-hydrogen) atoms. The zero-order valence-electron chi connectivity index (χ0n) is 8.70. The molecule has 4 N–H and O–H groups in total. The predicted molar refractivity (Wildman–Crippen MR) is 51.5 cm³/mol. The normalized spacial score (nSPS) is 14.2. The summed E-state index contributed by atoms with van der Waals surface area (Å²) in [4.78, 5) is 21.2. The van der Waals surface area contributed by atoms with Crippen LogP contribution in [0.15, 0.2) is 0 Å². The van der Waals surface area contributed by atoms with Gasteiger partial charge < -0.3 is 25.2 Å². The van der Waals surface area contributed by atoms with E-state index in [2.05, 4.69) is 4.74 Å². The second kappa shape index (κ2) is 8.03. The van der Waals surface area contributed by atoms with Crippen molar-refractivity contribution in [1.29, 1.82) is 0 Å². The minimum atomic E-state index is -2.18. The standard InChI is InChI=1S/C9H16O7/c10-4-2-1-3-5-16-9(15)7(12)6(11)8(13)14/h6-7,10-12H,1-5H2,(H,13,14). The summed E-state index contributed by atoms with van der Waals surface area (Å²) in [6, 6.07) is 0. The Balaban J connectivity index is 3.75. The Hall–Kier alpha value is -1.18. The molecule has 0 aromatic heterocycles. The molecule has 2 atom stereocenters. The van der Waals surface area contributed by atoms with Crippen molar-refractivity contribution in [3.63, 3.8) is 0 Å². The molecule has 0 bridgehead atoms. The SMILES string of the molecule is O=C(O)C(O)C(O)C(=O)OCCCCCO. The smallest absolute Gasteiger partial charge is 0.338 e. The minimum absolute atomic E-state index is 0.0161. The highest BCUT2D eigenvalue weighted by Crippen LogP contribution is 2.00. The molecule has 0 heterocycles. The van der Waals surface area contributed by atoms with E-state index in [0.29, 0.717) is 19.3 Å². The van der Waals surface area contributed by atoms with E-state index < -0.39 is 24.1 Å². The molecular weight excluding hydrogens is 220 g/mol. The van der Waals surface area contributed by atoms with Gasteiger partial charge in [0.1, 0.15) is 0 Å². The average molecular weight is 236 g/mol. The third-order valence-electron chi connectivity index (χ3n) is 1.84. The summed E-state index contributed by atoms with van der Waals surface area (Å²) >= 11 is 0. The van der Waals surface area contributed by atoms with Crippen LogP contribution in [-0.4, -0.2) is 57.8 Å². The van der Waals surface area contributed by atoms with Gasteiger partial charge in [-0.2, -0.15) is 0 Å². The number of carboxylic acid groups (broad SMARTS) is 1. The number of unbranched alkanes of at least 4 members (excludes halogenated alkanes) is 2.